The fraction of sp³-hybridized carbons (Fsp3) is 0.781. The first-order valence-corrected chi connectivity index (χ1v) is 15.2. The van der Waals surface area contributed by atoms with E-state index in [0.29, 0.717) is 44.4 Å². The van der Waals surface area contributed by atoms with Crippen LogP contribution in [0.4, 0.5) is 0 Å². The first-order chi connectivity index (χ1) is 18.7. The number of methoxy groups -OCH3 is 2. The lowest BCUT2D eigenvalue weighted by molar-refractivity contribution is -0.127. The van der Waals surface area contributed by atoms with Gasteiger partial charge in [-0.1, -0.05) is 40.2 Å². The monoisotopic (exact) mass is 548 g/mol. The number of hydrogen-bond donors (Lipinski definition) is 2. The van der Waals surface area contributed by atoms with Crippen LogP contribution in [0.3, 0.4) is 0 Å². The van der Waals surface area contributed by atoms with Crippen molar-refractivity contribution in [1.82, 2.24) is 10.2 Å². The Hall–Kier alpha value is -1.83. The number of nitrogens with one attached hydrogen (secondary N) is 1. The van der Waals surface area contributed by atoms with Gasteiger partial charge in [0, 0.05) is 39.1 Å². The summed E-state index contributed by atoms with van der Waals surface area (Å²) in [4.78, 5) is 15.4. The predicted octanol–water partition coefficient (Wildman–Crippen LogP) is 5.33. The van der Waals surface area contributed by atoms with Crippen molar-refractivity contribution in [2.75, 3.05) is 53.6 Å². The zero-order valence-electron chi connectivity index (χ0n) is 25.5. The fourth-order valence-corrected chi connectivity index (χ4v) is 5.47. The van der Waals surface area contributed by atoms with Crippen LogP contribution >= 0.6 is 0 Å². The molecule has 224 valence electrons. The van der Waals surface area contributed by atoms with Crippen molar-refractivity contribution in [2.45, 2.75) is 85.2 Å². The molecule has 39 heavy (non-hydrogen) atoms. The Kier molecular flexibility index (Phi) is 15.8. The summed E-state index contributed by atoms with van der Waals surface area (Å²) in [5.74, 6) is 2.50. The highest BCUT2D eigenvalue weighted by Crippen LogP contribution is 2.32. The molecule has 1 aliphatic heterocycles. The van der Waals surface area contributed by atoms with Gasteiger partial charge in [-0.2, -0.15) is 0 Å². The molecule has 0 aliphatic carbocycles. The second kappa shape index (κ2) is 18.5. The van der Waals surface area contributed by atoms with Crippen molar-refractivity contribution >= 4 is 5.91 Å². The largest absolute Gasteiger partial charge is 0.493 e. The van der Waals surface area contributed by atoms with Gasteiger partial charge >= 0.3 is 0 Å². The van der Waals surface area contributed by atoms with E-state index in [1.165, 1.54) is 24.8 Å². The zero-order valence-corrected chi connectivity index (χ0v) is 25.5. The van der Waals surface area contributed by atoms with Gasteiger partial charge < -0.3 is 29.5 Å². The van der Waals surface area contributed by atoms with Crippen LogP contribution < -0.4 is 14.8 Å². The maximum Gasteiger partial charge on any atom is 0.223 e. The molecule has 7 nitrogen and oxygen atoms in total. The molecule has 1 heterocycles. The lowest BCUT2D eigenvalue weighted by atomic mass is 9.82. The second-order valence-corrected chi connectivity index (χ2v) is 11.9. The van der Waals surface area contributed by atoms with Crippen LogP contribution in [0.15, 0.2) is 18.2 Å². The zero-order chi connectivity index (χ0) is 28.6. The maximum absolute atomic E-state index is 13.0. The molecule has 1 amide bonds. The van der Waals surface area contributed by atoms with Crippen molar-refractivity contribution in [3.05, 3.63) is 23.8 Å². The first-order valence-electron chi connectivity index (χ1n) is 15.2. The van der Waals surface area contributed by atoms with Gasteiger partial charge in [-0.25, -0.2) is 0 Å². The minimum atomic E-state index is -0.484. The number of amides is 1. The Bertz CT molecular complexity index is 810. The van der Waals surface area contributed by atoms with Gasteiger partial charge in [0.15, 0.2) is 11.5 Å². The number of piperidine rings is 1. The highest BCUT2D eigenvalue weighted by molar-refractivity contribution is 5.78. The number of ether oxygens (including phenoxy) is 3. The summed E-state index contributed by atoms with van der Waals surface area (Å²) in [6.45, 7) is 13.8. The smallest absolute Gasteiger partial charge is 0.223 e. The van der Waals surface area contributed by atoms with Gasteiger partial charge in [-0.15, -0.1) is 0 Å². The third-order valence-electron chi connectivity index (χ3n) is 8.13. The minimum Gasteiger partial charge on any atom is -0.493 e. The molecule has 2 rings (SSSR count). The SMILES string of the molecule is COCCCOc1cc(C[C@@H](CC[C@@H](O)C[C@H](C(=O)NCCN2CCCCC2)C(C)C)C(C)C)ccc1OC. The molecule has 0 spiro atoms. The van der Waals surface area contributed by atoms with Gasteiger partial charge in [0.25, 0.3) is 0 Å². The van der Waals surface area contributed by atoms with Gasteiger partial charge in [-0.05, 0) is 87.1 Å². The summed E-state index contributed by atoms with van der Waals surface area (Å²) in [6.07, 6.45) is 7.21. The molecule has 0 bridgehead atoms. The van der Waals surface area contributed by atoms with E-state index < -0.39 is 6.10 Å². The summed E-state index contributed by atoms with van der Waals surface area (Å²) in [7, 11) is 3.36. The Morgan fingerprint density at radius 3 is 2.38 bits per heavy atom. The average Bonchev–Trinajstić information content (AvgIpc) is 2.92. The molecule has 1 aromatic carbocycles. The molecule has 7 heteroatoms. The third-order valence-corrected chi connectivity index (χ3v) is 8.13. The van der Waals surface area contributed by atoms with E-state index in [1.807, 2.05) is 6.07 Å². The summed E-state index contributed by atoms with van der Waals surface area (Å²) in [5.41, 5.74) is 1.21. The van der Waals surface area contributed by atoms with Gasteiger partial charge in [0.05, 0.1) is 19.8 Å². The van der Waals surface area contributed by atoms with E-state index >= 15 is 0 Å². The molecule has 0 saturated carbocycles. The maximum atomic E-state index is 13.0. The van der Waals surface area contributed by atoms with Crippen LogP contribution in [0.1, 0.15) is 78.2 Å². The summed E-state index contributed by atoms with van der Waals surface area (Å²) < 4.78 is 16.6. The van der Waals surface area contributed by atoms with Crippen molar-refractivity contribution < 1.29 is 24.1 Å². The van der Waals surface area contributed by atoms with Crippen LogP contribution in [0.2, 0.25) is 0 Å². The molecule has 0 unspecified atom stereocenters. The lowest BCUT2D eigenvalue weighted by Crippen LogP contribution is -2.41. The van der Waals surface area contributed by atoms with Gasteiger partial charge in [0.1, 0.15) is 0 Å². The molecular weight excluding hydrogens is 492 g/mol. The molecule has 3 atom stereocenters. The molecule has 2 N–H and O–H groups in total. The van der Waals surface area contributed by atoms with Crippen LogP contribution in [-0.2, 0) is 16.0 Å². The number of rotatable bonds is 19. The Morgan fingerprint density at radius 2 is 1.74 bits per heavy atom. The highest BCUT2D eigenvalue weighted by atomic mass is 16.5. The summed E-state index contributed by atoms with van der Waals surface area (Å²) in [6, 6.07) is 6.17. The quantitative estimate of drug-likeness (QED) is 0.228. The Morgan fingerprint density at radius 1 is 1.00 bits per heavy atom. The van der Waals surface area contributed by atoms with Crippen molar-refractivity contribution in [3.8, 4) is 11.5 Å². The number of benzene rings is 1. The first kappa shape index (κ1) is 33.4. The van der Waals surface area contributed by atoms with Crippen molar-refractivity contribution in [1.29, 1.82) is 0 Å². The Labute approximate surface area is 238 Å². The van der Waals surface area contributed by atoms with Crippen LogP contribution in [-0.4, -0.2) is 75.6 Å². The van der Waals surface area contributed by atoms with Crippen LogP contribution in [0.5, 0.6) is 11.5 Å². The normalized spacial score (nSPS) is 16.7. The predicted molar refractivity (Wildman–Crippen MR) is 159 cm³/mol. The molecule has 0 aromatic heterocycles. The molecule has 1 aromatic rings. The van der Waals surface area contributed by atoms with E-state index in [2.05, 4.69) is 50.0 Å². The van der Waals surface area contributed by atoms with Crippen LogP contribution in [0, 0.1) is 23.7 Å². The summed E-state index contributed by atoms with van der Waals surface area (Å²) in [5, 5.41) is 14.1. The van der Waals surface area contributed by atoms with E-state index in [1.54, 1.807) is 14.2 Å². The molecule has 1 aliphatic rings. The molecule has 1 saturated heterocycles. The number of aliphatic hydroxyl groups excluding tert-OH is 1. The number of carbonyl (C=O) groups excluding carboxylic acids is 1. The highest BCUT2D eigenvalue weighted by Gasteiger charge is 2.26. The fourth-order valence-electron chi connectivity index (χ4n) is 5.47. The molecule has 1 fully saturated rings. The third kappa shape index (κ3) is 12.5. The van der Waals surface area contributed by atoms with E-state index in [0.717, 1.165) is 50.4 Å². The van der Waals surface area contributed by atoms with E-state index in [-0.39, 0.29) is 17.7 Å². The number of carbonyl (C=O) groups is 1. The van der Waals surface area contributed by atoms with E-state index in [4.69, 9.17) is 14.2 Å². The van der Waals surface area contributed by atoms with Crippen LogP contribution in [0.25, 0.3) is 0 Å². The van der Waals surface area contributed by atoms with Gasteiger partial charge in [-0.3, -0.25) is 4.79 Å². The minimum absolute atomic E-state index is 0.0812. The summed E-state index contributed by atoms with van der Waals surface area (Å²) >= 11 is 0. The Balaban J connectivity index is 1.87. The topological polar surface area (TPSA) is 80.3 Å². The lowest BCUT2D eigenvalue weighted by Gasteiger charge is -2.28. The number of likely N-dealkylation sites (tertiary alicyclic amines) is 1. The average molecular weight is 549 g/mol. The van der Waals surface area contributed by atoms with Gasteiger partial charge in [0.2, 0.25) is 5.91 Å². The number of nitrogens with zero attached hydrogens (tertiary/aromatic N) is 1. The standard InChI is InChI=1S/C32H56N2O5/c1-24(2)27(21-26-11-14-30(38-6)31(22-26)39-20-10-19-37-5)12-13-28(35)23-29(25(3)4)32(36)33-15-18-34-16-8-7-9-17-34/h11,14,22,24-25,27-29,35H,7-10,12-13,15-21,23H2,1-6H3,(H,33,36)/t27-,28-,29+/m1/s1. The molecule has 0 radical (unpaired) electrons. The number of aliphatic hydroxyl groups is 1. The van der Waals surface area contributed by atoms with Crippen molar-refractivity contribution in [2.24, 2.45) is 23.7 Å². The van der Waals surface area contributed by atoms with Crippen molar-refractivity contribution in [3.63, 3.8) is 0 Å². The van der Waals surface area contributed by atoms with E-state index in [9.17, 15) is 9.90 Å². The molecular formula is C32H56N2O5. The second-order valence-electron chi connectivity index (χ2n) is 11.9. The number of hydrogen-bond acceptors (Lipinski definition) is 6.